The normalized spacial score (nSPS) is 31.0. The molecule has 1 amide bonds. The number of carbonyl (C=O) groups is 1. The van der Waals surface area contributed by atoms with Crippen molar-refractivity contribution in [3.63, 3.8) is 0 Å². The molecule has 7 nitrogen and oxygen atoms in total. The van der Waals surface area contributed by atoms with Crippen molar-refractivity contribution in [2.45, 2.75) is 12.7 Å². The Morgan fingerprint density at radius 1 is 1.13 bits per heavy atom. The third-order valence-electron chi connectivity index (χ3n) is 2.78. The second kappa shape index (κ2) is 3.01. The lowest BCUT2D eigenvalue weighted by Gasteiger charge is -2.37. The molecular formula is C8H14N4O3. The molecule has 0 radical (unpaired) electrons. The van der Waals surface area contributed by atoms with Gasteiger partial charge in [-0.2, -0.15) is 0 Å². The van der Waals surface area contributed by atoms with Gasteiger partial charge in [0.05, 0.1) is 0 Å². The fourth-order valence-corrected chi connectivity index (χ4v) is 1.75. The number of amides is 1. The highest BCUT2D eigenvalue weighted by molar-refractivity contribution is 5.94. The molecule has 2 aliphatic rings. The average molecular weight is 214 g/mol. The monoisotopic (exact) mass is 214 g/mol. The van der Waals surface area contributed by atoms with Gasteiger partial charge in [0.2, 0.25) is 12.7 Å². The van der Waals surface area contributed by atoms with Crippen LogP contribution in [0.15, 0.2) is 11.5 Å². The van der Waals surface area contributed by atoms with Crippen molar-refractivity contribution < 1.29 is 15.0 Å². The van der Waals surface area contributed by atoms with Crippen molar-refractivity contribution in [1.29, 1.82) is 0 Å². The maximum absolute atomic E-state index is 11.8. The smallest absolute Gasteiger partial charge is 0.277 e. The first-order valence-electron chi connectivity index (χ1n) is 4.55. The number of hydrogen-bond donors (Lipinski definition) is 3. The van der Waals surface area contributed by atoms with Crippen LogP contribution in [-0.2, 0) is 4.79 Å². The Kier molecular flexibility index (Phi) is 2.02. The topological polar surface area (TPSA) is 79.3 Å². The summed E-state index contributed by atoms with van der Waals surface area (Å²) >= 11 is 0. The van der Waals surface area contributed by atoms with E-state index in [9.17, 15) is 15.0 Å². The highest BCUT2D eigenvalue weighted by Crippen LogP contribution is 2.26. The molecular weight excluding hydrogens is 200 g/mol. The van der Waals surface area contributed by atoms with Gasteiger partial charge in [-0.05, 0) is 0 Å². The van der Waals surface area contributed by atoms with Crippen LogP contribution in [0.5, 0.6) is 0 Å². The maximum Gasteiger partial charge on any atom is 0.277 e. The first-order chi connectivity index (χ1) is 6.95. The van der Waals surface area contributed by atoms with Crippen molar-refractivity contribution >= 4 is 5.91 Å². The second-order valence-electron chi connectivity index (χ2n) is 3.70. The molecule has 0 aliphatic carbocycles. The van der Waals surface area contributed by atoms with Crippen LogP contribution in [0.4, 0.5) is 0 Å². The van der Waals surface area contributed by atoms with E-state index in [0.29, 0.717) is 11.5 Å². The van der Waals surface area contributed by atoms with Gasteiger partial charge in [0.15, 0.2) is 0 Å². The number of carbonyl (C=O) groups excluding carboxylic acids is 1. The number of rotatable bonds is 0. The molecule has 2 heterocycles. The zero-order valence-corrected chi connectivity index (χ0v) is 8.80. The first-order valence-corrected chi connectivity index (χ1v) is 4.55. The maximum atomic E-state index is 11.8. The predicted octanol–water partition coefficient (Wildman–Crippen LogP) is -2.35. The van der Waals surface area contributed by atoms with Crippen molar-refractivity contribution in [2.75, 3.05) is 21.1 Å². The molecule has 0 saturated heterocycles. The molecule has 7 heteroatoms. The summed E-state index contributed by atoms with van der Waals surface area (Å²) in [7, 11) is 4.75. The molecule has 2 unspecified atom stereocenters. The highest BCUT2D eigenvalue weighted by atomic mass is 16.3. The van der Waals surface area contributed by atoms with E-state index in [2.05, 4.69) is 5.32 Å². The van der Waals surface area contributed by atoms with Crippen LogP contribution < -0.4 is 5.32 Å². The minimum absolute atomic E-state index is 0.317. The summed E-state index contributed by atoms with van der Waals surface area (Å²) < 4.78 is 0. The van der Waals surface area contributed by atoms with E-state index in [1.54, 1.807) is 14.1 Å². The SMILES string of the molecule is CN1C2=C(NC1O)N(C)C(O)N(C)C2=O. The Morgan fingerprint density at radius 2 is 1.73 bits per heavy atom. The summed E-state index contributed by atoms with van der Waals surface area (Å²) in [6.07, 6.45) is -1.94. The van der Waals surface area contributed by atoms with Gasteiger partial charge in [0.25, 0.3) is 5.91 Å². The van der Waals surface area contributed by atoms with E-state index >= 15 is 0 Å². The molecule has 84 valence electrons. The molecule has 0 aromatic rings. The van der Waals surface area contributed by atoms with Crippen molar-refractivity contribution in [1.82, 2.24) is 20.0 Å². The molecule has 0 bridgehead atoms. The number of hydrogen-bond acceptors (Lipinski definition) is 6. The lowest BCUT2D eigenvalue weighted by atomic mass is 10.3. The number of likely N-dealkylation sites (N-methyl/N-ethyl adjacent to an activating group) is 2. The van der Waals surface area contributed by atoms with E-state index in [1.165, 1.54) is 21.7 Å². The second-order valence-corrected chi connectivity index (χ2v) is 3.70. The van der Waals surface area contributed by atoms with Crippen LogP contribution in [0.25, 0.3) is 0 Å². The Hall–Kier alpha value is -1.47. The van der Waals surface area contributed by atoms with E-state index < -0.39 is 12.7 Å². The van der Waals surface area contributed by atoms with Gasteiger partial charge >= 0.3 is 0 Å². The number of nitrogens with zero attached hydrogens (tertiary/aromatic N) is 3. The lowest BCUT2D eigenvalue weighted by Crippen LogP contribution is -2.53. The molecule has 2 atom stereocenters. The van der Waals surface area contributed by atoms with E-state index in [4.69, 9.17) is 0 Å². The third-order valence-corrected chi connectivity index (χ3v) is 2.78. The van der Waals surface area contributed by atoms with Crippen LogP contribution in [0.2, 0.25) is 0 Å². The van der Waals surface area contributed by atoms with Gasteiger partial charge in [0, 0.05) is 21.1 Å². The van der Waals surface area contributed by atoms with Crippen LogP contribution >= 0.6 is 0 Å². The fraction of sp³-hybridized carbons (Fsp3) is 0.625. The van der Waals surface area contributed by atoms with Crippen LogP contribution in [0.1, 0.15) is 0 Å². The highest BCUT2D eigenvalue weighted by Gasteiger charge is 2.42. The molecule has 2 rings (SSSR count). The standard InChI is InChI=1S/C8H14N4O3/c1-10-4-5(9-7(10)14)11(2)8(15)12(3)6(4)13/h7-9,14-15H,1-3H3. The number of aliphatic hydroxyl groups excluding tert-OH is 2. The Labute approximate surface area is 87.2 Å². The predicted molar refractivity (Wildman–Crippen MR) is 50.5 cm³/mol. The van der Waals surface area contributed by atoms with Crippen LogP contribution in [0, 0.1) is 0 Å². The summed E-state index contributed by atoms with van der Waals surface area (Å²) in [6, 6.07) is 0. The summed E-state index contributed by atoms with van der Waals surface area (Å²) in [5.74, 6) is 0.128. The van der Waals surface area contributed by atoms with Gasteiger partial charge in [-0.15, -0.1) is 0 Å². The Bertz CT molecular complexity index is 343. The van der Waals surface area contributed by atoms with Gasteiger partial charge in [-0.25, -0.2) is 0 Å². The molecule has 0 spiro atoms. The quantitative estimate of drug-likeness (QED) is 0.419. The molecule has 0 saturated carbocycles. The van der Waals surface area contributed by atoms with Crippen molar-refractivity contribution in [2.24, 2.45) is 0 Å². The van der Waals surface area contributed by atoms with Crippen molar-refractivity contribution in [3.8, 4) is 0 Å². The zero-order chi connectivity index (χ0) is 11.3. The van der Waals surface area contributed by atoms with E-state index in [0.717, 1.165) is 0 Å². The van der Waals surface area contributed by atoms with E-state index in [1.807, 2.05) is 0 Å². The lowest BCUT2D eigenvalue weighted by molar-refractivity contribution is -0.151. The van der Waals surface area contributed by atoms with Crippen molar-refractivity contribution in [3.05, 3.63) is 11.5 Å². The van der Waals surface area contributed by atoms with Gasteiger partial charge in [-0.1, -0.05) is 0 Å². The van der Waals surface area contributed by atoms with Gasteiger partial charge in [-0.3, -0.25) is 9.69 Å². The van der Waals surface area contributed by atoms with Gasteiger partial charge in [0.1, 0.15) is 11.5 Å². The zero-order valence-electron chi connectivity index (χ0n) is 8.80. The number of nitrogens with one attached hydrogen (secondary N) is 1. The Morgan fingerprint density at radius 3 is 2.33 bits per heavy atom. The minimum atomic E-state index is -1.01. The molecule has 0 aromatic heterocycles. The first kappa shape index (κ1) is 10.1. The largest absolute Gasteiger partial charge is 0.356 e. The molecule has 15 heavy (non-hydrogen) atoms. The molecule has 0 fully saturated rings. The summed E-state index contributed by atoms with van der Waals surface area (Å²) in [6.45, 7) is 0. The summed E-state index contributed by atoms with van der Waals surface area (Å²) in [5, 5.41) is 21.9. The Balaban J connectivity index is 2.44. The summed E-state index contributed by atoms with van der Waals surface area (Å²) in [5.41, 5.74) is 0.359. The average Bonchev–Trinajstić information content (AvgIpc) is 2.50. The minimum Gasteiger partial charge on any atom is -0.356 e. The van der Waals surface area contributed by atoms with E-state index in [-0.39, 0.29) is 5.91 Å². The van der Waals surface area contributed by atoms with Crippen LogP contribution in [-0.4, -0.2) is 64.7 Å². The summed E-state index contributed by atoms with van der Waals surface area (Å²) in [4.78, 5) is 15.9. The fourth-order valence-electron chi connectivity index (χ4n) is 1.75. The number of aliphatic hydroxyl groups is 2. The molecule has 0 aromatic carbocycles. The molecule has 3 N–H and O–H groups in total. The van der Waals surface area contributed by atoms with Crippen LogP contribution in [0.3, 0.4) is 0 Å². The van der Waals surface area contributed by atoms with Gasteiger partial charge < -0.3 is 25.3 Å². The third kappa shape index (κ3) is 1.17. The molecule has 2 aliphatic heterocycles.